The maximum Gasteiger partial charge on any atom is 0.325 e. The van der Waals surface area contributed by atoms with Crippen LogP contribution in [0.2, 0.25) is 0 Å². The first-order valence-corrected chi connectivity index (χ1v) is 11.8. The molecule has 2 atom stereocenters. The summed E-state index contributed by atoms with van der Waals surface area (Å²) in [5.74, 6) is 5.92. The van der Waals surface area contributed by atoms with Gasteiger partial charge < -0.3 is 19.8 Å². The van der Waals surface area contributed by atoms with Gasteiger partial charge in [-0.1, -0.05) is 54.8 Å². The van der Waals surface area contributed by atoms with Crippen LogP contribution in [0.3, 0.4) is 0 Å². The van der Waals surface area contributed by atoms with Crippen LogP contribution in [0.4, 0.5) is 0 Å². The Labute approximate surface area is 172 Å². The summed E-state index contributed by atoms with van der Waals surface area (Å²) < 4.78 is 10.8. The second-order valence-corrected chi connectivity index (χ2v) is 9.10. The molecule has 0 aliphatic carbocycles. The van der Waals surface area contributed by atoms with Gasteiger partial charge in [0.15, 0.2) is 0 Å². The molecule has 1 heterocycles. The minimum Gasteiger partial charge on any atom is -0.389 e. The number of unbranched alkanes of at least 4 members (excludes halogenated alkanes) is 1. The van der Waals surface area contributed by atoms with Gasteiger partial charge in [-0.2, -0.15) is 0 Å². The second-order valence-electron chi connectivity index (χ2n) is 7.32. The lowest BCUT2D eigenvalue weighted by atomic mass is 10.0. The first-order chi connectivity index (χ1) is 13.8. The average molecular weight is 419 g/mol. The molecule has 7 heteroatoms. The lowest BCUT2D eigenvalue weighted by Gasteiger charge is -2.26. The number of nitrogens with zero attached hydrogens (tertiary/aromatic N) is 1. The average Bonchev–Trinajstić information content (AvgIpc) is 2.84. The van der Waals surface area contributed by atoms with Crippen LogP contribution in [0.25, 0.3) is 0 Å². The number of benzene rings is 1. The van der Waals surface area contributed by atoms with Crippen molar-refractivity contribution in [3.05, 3.63) is 48.0 Å². The molecule has 158 valence electrons. The van der Waals surface area contributed by atoms with E-state index >= 15 is 0 Å². The van der Waals surface area contributed by atoms with E-state index in [9.17, 15) is 14.5 Å². The van der Waals surface area contributed by atoms with Crippen LogP contribution in [-0.4, -0.2) is 50.6 Å². The fraction of sp³-hybridized carbons (Fsp3) is 0.500. The SMILES string of the molecule is O=C1CCCC[C@H](/C=C/C(O)Cc2ccccc2)N1CC#CCCCP(=O)(O)O. The molecule has 29 heavy (non-hydrogen) atoms. The summed E-state index contributed by atoms with van der Waals surface area (Å²) in [7, 11) is -3.98. The molecule has 2 rings (SSSR count). The molecule has 1 saturated heterocycles. The highest BCUT2D eigenvalue weighted by Crippen LogP contribution is 2.35. The number of amides is 1. The zero-order valence-corrected chi connectivity index (χ0v) is 17.5. The van der Waals surface area contributed by atoms with Gasteiger partial charge in [-0.05, 0) is 24.8 Å². The Hall–Kier alpha value is -1.90. The van der Waals surface area contributed by atoms with Crippen molar-refractivity contribution in [1.82, 2.24) is 4.90 Å². The van der Waals surface area contributed by atoms with E-state index in [1.54, 1.807) is 11.0 Å². The highest BCUT2D eigenvalue weighted by atomic mass is 31.2. The predicted octanol–water partition coefficient (Wildman–Crippen LogP) is 2.88. The molecular weight excluding hydrogens is 389 g/mol. The van der Waals surface area contributed by atoms with Gasteiger partial charge in [-0.3, -0.25) is 9.36 Å². The summed E-state index contributed by atoms with van der Waals surface area (Å²) in [6, 6.07) is 9.67. The summed E-state index contributed by atoms with van der Waals surface area (Å²) in [4.78, 5) is 31.9. The third-order valence-electron chi connectivity index (χ3n) is 4.83. The van der Waals surface area contributed by atoms with Gasteiger partial charge in [-0.25, -0.2) is 0 Å². The molecule has 0 spiro atoms. The fourth-order valence-electron chi connectivity index (χ4n) is 3.30. The smallest absolute Gasteiger partial charge is 0.325 e. The summed E-state index contributed by atoms with van der Waals surface area (Å²) in [5, 5.41) is 10.3. The number of carbonyl (C=O) groups excluding carboxylic acids is 1. The van der Waals surface area contributed by atoms with Crippen molar-refractivity contribution in [2.75, 3.05) is 12.7 Å². The lowest BCUT2D eigenvalue weighted by molar-refractivity contribution is -0.131. The first-order valence-electron chi connectivity index (χ1n) is 10.1. The molecule has 1 unspecified atom stereocenters. The van der Waals surface area contributed by atoms with Gasteiger partial charge >= 0.3 is 7.60 Å². The van der Waals surface area contributed by atoms with E-state index in [4.69, 9.17) is 9.79 Å². The first kappa shape index (κ1) is 23.4. The molecule has 3 N–H and O–H groups in total. The fourth-order valence-corrected chi connectivity index (χ4v) is 3.87. The standard InChI is InChI=1S/C22H30NO5P/c24-21(18-19-10-4-3-5-11-19)15-14-20-12-6-7-13-22(25)23(20)16-8-1-2-9-17-29(26,27)28/h3-5,10-11,14-15,20-21,24H,2,6-7,9,12-13,16-18H2,(H2,26,27,28)/b15-14+/t20-,21?/m1/s1. The van der Waals surface area contributed by atoms with Crippen LogP contribution in [-0.2, 0) is 15.8 Å². The van der Waals surface area contributed by atoms with Crippen molar-refractivity contribution in [2.24, 2.45) is 0 Å². The van der Waals surface area contributed by atoms with Gasteiger partial charge in [0.25, 0.3) is 0 Å². The second kappa shape index (κ2) is 11.9. The minimum atomic E-state index is -3.98. The van der Waals surface area contributed by atoms with Gasteiger partial charge in [0, 0.05) is 19.3 Å². The quantitative estimate of drug-likeness (QED) is 0.261. The van der Waals surface area contributed by atoms with Gasteiger partial charge in [0.2, 0.25) is 5.91 Å². The van der Waals surface area contributed by atoms with E-state index in [0.29, 0.717) is 32.2 Å². The monoisotopic (exact) mass is 419 g/mol. The molecule has 1 aliphatic heterocycles. The Morgan fingerprint density at radius 2 is 1.97 bits per heavy atom. The Balaban J connectivity index is 1.92. The Bertz CT molecular complexity index is 777. The Morgan fingerprint density at radius 3 is 2.69 bits per heavy atom. The highest BCUT2D eigenvalue weighted by molar-refractivity contribution is 7.51. The van der Waals surface area contributed by atoms with E-state index in [0.717, 1.165) is 24.8 Å². The maximum absolute atomic E-state index is 12.5. The molecule has 0 radical (unpaired) electrons. The van der Waals surface area contributed by atoms with Crippen molar-refractivity contribution >= 4 is 13.5 Å². The molecule has 1 amide bonds. The summed E-state index contributed by atoms with van der Waals surface area (Å²) in [5.41, 5.74) is 1.06. The van der Waals surface area contributed by atoms with E-state index in [-0.39, 0.29) is 18.1 Å². The lowest BCUT2D eigenvalue weighted by Crippen LogP contribution is -2.38. The number of hydrogen-bond acceptors (Lipinski definition) is 3. The van der Waals surface area contributed by atoms with Crippen molar-refractivity contribution < 1.29 is 24.3 Å². The number of likely N-dealkylation sites (tertiary alicyclic amines) is 1. The third kappa shape index (κ3) is 9.43. The van der Waals surface area contributed by atoms with Gasteiger partial charge in [-0.15, -0.1) is 5.92 Å². The molecule has 0 saturated carbocycles. The number of carbonyl (C=O) groups is 1. The van der Waals surface area contributed by atoms with Crippen molar-refractivity contribution in [2.45, 2.75) is 57.1 Å². The third-order valence-corrected chi connectivity index (χ3v) is 5.73. The van der Waals surface area contributed by atoms with E-state index in [1.807, 2.05) is 36.4 Å². The van der Waals surface area contributed by atoms with Crippen LogP contribution in [0.5, 0.6) is 0 Å². The van der Waals surface area contributed by atoms with Crippen molar-refractivity contribution in [3.8, 4) is 11.8 Å². The molecule has 0 aromatic heterocycles. The Morgan fingerprint density at radius 1 is 1.21 bits per heavy atom. The summed E-state index contributed by atoms with van der Waals surface area (Å²) >= 11 is 0. The summed E-state index contributed by atoms with van der Waals surface area (Å²) in [6.45, 7) is 0.290. The molecule has 6 nitrogen and oxygen atoms in total. The molecule has 1 aromatic rings. The zero-order chi connectivity index (χ0) is 21.1. The minimum absolute atomic E-state index is 0.0548. The van der Waals surface area contributed by atoms with E-state index in [2.05, 4.69) is 11.8 Å². The summed E-state index contributed by atoms with van der Waals surface area (Å²) in [6.07, 6.45) is 7.26. The van der Waals surface area contributed by atoms with Crippen molar-refractivity contribution in [1.29, 1.82) is 0 Å². The zero-order valence-electron chi connectivity index (χ0n) is 16.6. The molecular formula is C22H30NO5P. The molecule has 0 bridgehead atoms. The largest absolute Gasteiger partial charge is 0.389 e. The van der Waals surface area contributed by atoms with Crippen LogP contribution >= 0.6 is 7.60 Å². The van der Waals surface area contributed by atoms with E-state index < -0.39 is 13.7 Å². The Kier molecular flexibility index (Phi) is 9.63. The number of aliphatic hydroxyl groups is 1. The van der Waals surface area contributed by atoms with Crippen molar-refractivity contribution in [3.63, 3.8) is 0 Å². The predicted molar refractivity (Wildman–Crippen MR) is 113 cm³/mol. The molecule has 1 aromatic carbocycles. The van der Waals surface area contributed by atoms with Crippen LogP contribution in [0.15, 0.2) is 42.5 Å². The number of rotatable bonds is 8. The van der Waals surface area contributed by atoms with Crippen LogP contribution in [0.1, 0.15) is 44.1 Å². The van der Waals surface area contributed by atoms with Crippen LogP contribution < -0.4 is 0 Å². The van der Waals surface area contributed by atoms with E-state index in [1.165, 1.54) is 0 Å². The maximum atomic E-state index is 12.5. The van der Waals surface area contributed by atoms with Gasteiger partial charge in [0.05, 0.1) is 24.9 Å². The van der Waals surface area contributed by atoms with Crippen LogP contribution in [0, 0.1) is 11.8 Å². The highest BCUT2D eigenvalue weighted by Gasteiger charge is 2.23. The molecule has 1 fully saturated rings. The molecule has 1 aliphatic rings. The number of aliphatic hydroxyl groups excluding tert-OH is 1. The van der Waals surface area contributed by atoms with Gasteiger partial charge in [0.1, 0.15) is 0 Å². The number of hydrogen-bond donors (Lipinski definition) is 3. The topological polar surface area (TPSA) is 98.1 Å². The normalized spacial score (nSPS) is 18.9.